The third-order valence-electron chi connectivity index (χ3n) is 4.46. The lowest BCUT2D eigenvalue weighted by molar-refractivity contribution is 0.0535. The second kappa shape index (κ2) is 6.90. The number of nitrogens with zero attached hydrogens (tertiary/aromatic N) is 4. The third-order valence-corrected chi connectivity index (χ3v) is 4.46. The molecule has 0 saturated carbocycles. The number of rotatable bonds is 2. The molecule has 0 atom stereocenters. The Kier molecular flexibility index (Phi) is 4.80. The average Bonchev–Trinajstić information content (AvgIpc) is 3.12. The fourth-order valence-corrected chi connectivity index (χ4v) is 2.87. The summed E-state index contributed by atoms with van der Waals surface area (Å²) in [6, 6.07) is 5.52. The summed E-state index contributed by atoms with van der Waals surface area (Å²) < 4.78 is 14.8. The predicted molar refractivity (Wildman–Crippen MR) is 95.4 cm³/mol. The molecule has 1 aliphatic rings. The zero-order chi connectivity index (χ0) is 18.9. The number of benzene rings is 1. The summed E-state index contributed by atoms with van der Waals surface area (Å²) in [6.45, 7) is 7.90. The Hall–Kier alpha value is -2.70. The predicted octanol–water partition coefficient (Wildman–Crippen LogP) is 2.38. The van der Waals surface area contributed by atoms with E-state index in [9.17, 15) is 14.0 Å². The molecule has 0 spiro atoms. The minimum Gasteiger partial charge on any atom is -0.335 e. The average molecular weight is 358 g/mol. The van der Waals surface area contributed by atoms with E-state index in [1.54, 1.807) is 26.9 Å². The Morgan fingerprint density at radius 1 is 0.923 bits per heavy atom. The van der Waals surface area contributed by atoms with Gasteiger partial charge in [-0.3, -0.25) is 14.3 Å². The monoisotopic (exact) mass is 358 g/mol. The maximum Gasteiger partial charge on any atom is 0.257 e. The molecule has 7 heteroatoms. The van der Waals surface area contributed by atoms with Crippen molar-refractivity contribution < 1.29 is 14.0 Å². The Morgan fingerprint density at radius 3 is 1.88 bits per heavy atom. The molecule has 0 N–H and O–H groups in total. The lowest BCUT2D eigenvalue weighted by Gasteiger charge is -2.34. The van der Waals surface area contributed by atoms with Gasteiger partial charge in [-0.05, 0) is 45.0 Å². The van der Waals surface area contributed by atoms with Crippen molar-refractivity contribution in [2.24, 2.45) is 0 Å². The van der Waals surface area contributed by atoms with Gasteiger partial charge >= 0.3 is 0 Å². The van der Waals surface area contributed by atoms with Crippen molar-refractivity contribution >= 4 is 11.8 Å². The van der Waals surface area contributed by atoms with E-state index in [1.807, 2.05) is 20.8 Å². The van der Waals surface area contributed by atoms with Crippen LogP contribution in [0.3, 0.4) is 0 Å². The highest BCUT2D eigenvalue weighted by Gasteiger charge is 2.27. The van der Waals surface area contributed by atoms with E-state index >= 15 is 0 Å². The van der Waals surface area contributed by atoms with Crippen LogP contribution in [0.15, 0.2) is 36.7 Å². The molecule has 0 bridgehead atoms. The highest BCUT2D eigenvalue weighted by molar-refractivity contribution is 5.95. The normalized spacial score (nSPS) is 15.2. The molecule has 2 heterocycles. The van der Waals surface area contributed by atoms with Crippen LogP contribution in [0.5, 0.6) is 0 Å². The van der Waals surface area contributed by atoms with Crippen LogP contribution < -0.4 is 0 Å². The van der Waals surface area contributed by atoms with Crippen molar-refractivity contribution in [1.29, 1.82) is 0 Å². The standard InChI is InChI=1S/C19H23FN4O2/c1-19(2,3)24-13-15(12-21-24)18(26)23-10-8-22(9-11-23)17(25)14-4-6-16(20)7-5-14/h4-7,12-13H,8-11H2,1-3H3. The number of carbonyl (C=O) groups excluding carboxylic acids is 2. The first-order valence-electron chi connectivity index (χ1n) is 8.65. The van der Waals surface area contributed by atoms with Gasteiger partial charge in [0.2, 0.25) is 0 Å². The zero-order valence-electron chi connectivity index (χ0n) is 15.3. The fourth-order valence-electron chi connectivity index (χ4n) is 2.87. The van der Waals surface area contributed by atoms with Crippen LogP contribution in [0.4, 0.5) is 4.39 Å². The second-order valence-electron chi connectivity index (χ2n) is 7.44. The quantitative estimate of drug-likeness (QED) is 0.828. The molecule has 2 aromatic rings. The van der Waals surface area contributed by atoms with Gasteiger partial charge in [0.25, 0.3) is 11.8 Å². The van der Waals surface area contributed by atoms with Gasteiger partial charge < -0.3 is 9.80 Å². The van der Waals surface area contributed by atoms with Gasteiger partial charge in [-0.1, -0.05) is 0 Å². The van der Waals surface area contributed by atoms with Crippen molar-refractivity contribution in [3.8, 4) is 0 Å². The molecule has 3 rings (SSSR count). The molecule has 6 nitrogen and oxygen atoms in total. The minimum absolute atomic E-state index is 0.0746. The number of aromatic nitrogens is 2. The fraction of sp³-hybridized carbons (Fsp3) is 0.421. The highest BCUT2D eigenvalue weighted by Crippen LogP contribution is 2.16. The van der Waals surface area contributed by atoms with E-state index in [4.69, 9.17) is 0 Å². The second-order valence-corrected chi connectivity index (χ2v) is 7.44. The summed E-state index contributed by atoms with van der Waals surface area (Å²) in [5.74, 6) is -0.584. The van der Waals surface area contributed by atoms with E-state index < -0.39 is 0 Å². The summed E-state index contributed by atoms with van der Waals surface area (Å²) in [7, 11) is 0. The van der Waals surface area contributed by atoms with E-state index in [1.165, 1.54) is 24.3 Å². The van der Waals surface area contributed by atoms with Crippen molar-refractivity contribution in [2.75, 3.05) is 26.2 Å². The Labute approximate surface area is 152 Å². The minimum atomic E-state index is -0.368. The number of carbonyl (C=O) groups is 2. The summed E-state index contributed by atoms with van der Waals surface area (Å²) >= 11 is 0. The van der Waals surface area contributed by atoms with Crippen LogP contribution in [-0.4, -0.2) is 57.6 Å². The zero-order valence-corrected chi connectivity index (χ0v) is 15.3. The van der Waals surface area contributed by atoms with E-state index in [0.717, 1.165) is 0 Å². The summed E-state index contributed by atoms with van der Waals surface area (Å²) in [5, 5.41) is 4.27. The van der Waals surface area contributed by atoms with Gasteiger partial charge in [0.15, 0.2) is 0 Å². The molecule has 1 saturated heterocycles. The maximum atomic E-state index is 13.0. The molecular weight excluding hydrogens is 335 g/mol. The van der Waals surface area contributed by atoms with Gasteiger partial charge in [-0.2, -0.15) is 5.10 Å². The van der Waals surface area contributed by atoms with Crippen molar-refractivity contribution in [2.45, 2.75) is 26.3 Å². The van der Waals surface area contributed by atoms with Crippen LogP contribution in [0, 0.1) is 5.82 Å². The number of halogens is 1. The first-order valence-corrected chi connectivity index (χ1v) is 8.65. The summed E-state index contributed by atoms with van der Waals surface area (Å²) in [5.41, 5.74) is 0.828. The van der Waals surface area contributed by atoms with Crippen molar-refractivity contribution in [3.63, 3.8) is 0 Å². The van der Waals surface area contributed by atoms with Gasteiger partial charge in [-0.25, -0.2) is 4.39 Å². The summed E-state index contributed by atoms with van der Waals surface area (Å²) in [6.07, 6.45) is 3.35. The van der Waals surface area contributed by atoms with E-state index in [-0.39, 0.29) is 23.2 Å². The Bertz CT molecular complexity index is 800. The van der Waals surface area contributed by atoms with Crippen molar-refractivity contribution in [1.82, 2.24) is 19.6 Å². The first kappa shape index (κ1) is 18.1. The van der Waals surface area contributed by atoms with E-state index in [0.29, 0.717) is 37.3 Å². The molecule has 1 fully saturated rings. The van der Waals surface area contributed by atoms with Crippen LogP contribution in [0.2, 0.25) is 0 Å². The largest absolute Gasteiger partial charge is 0.335 e. The molecule has 2 amide bonds. The number of piperazine rings is 1. The molecule has 1 aromatic carbocycles. The van der Waals surface area contributed by atoms with Gasteiger partial charge in [0.05, 0.1) is 17.3 Å². The van der Waals surface area contributed by atoms with Gasteiger partial charge in [0, 0.05) is 37.9 Å². The SMILES string of the molecule is CC(C)(C)n1cc(C(=O)N2CCN(C(=O)c3ccc(F)cc3)CC2)cn1. The van der Waals surface area contributed by atoms with Crippen molar-refractivity contribution in [3.05, 3.63) is 53.6 Å². The van der Waals surface area contributed by atoms with Gasteiger partial charge in [-0.15, -0.1) is 0 Å². The Balaban J connectivity index is 1.61. The Morgan fingerprint density at radius 2 is 1.42 bits per heavy atom. The van der Waals surface area contributed by atoms with Crippen LogP contribution in [0.1, 0.15) is 41.5 Å². The lowest BCUT2D eigenvalue weighted by Crippen LogP contribution is -2.50. The number of amides is 2. The molecular formula is C19H23FN4O2. The molecule has 1 aromatic heterocycles. The molecule has 0 radical (unpaired) electrons. The van der Waals surface area contributed by atoms with E-state index in [2.05, 4.69) is 5.10 Å². The van der Waals surface area contributed by atoms with Crippen LogP contribution >= 0.6 is 0 Å². The number of hydrogen-bond acceptors (Lipinski definition) is 3. The third kappa shape index (κ3) is 3.76. The molecule has 26 heavy (non-hydrogen) atoms. The molecule has 0 unspecified atom stereocenters. The maximum absolute atomic E-state index is 13.0. The topological polar surface area (TPSA) is 58.4 Å². The smallest absolute Gasteiger partial charge is 0.257 e. The van der Waals surface area contributed by atoms with Crippen LogP contribution in [-0.2, 0) is 5.54 Å². The lowest BCUT2D eigenvalue weighted by atomic mass is 10.1. The molecule has 138 valence electrons. The summed E-state index contributed by atoms with van der Waals surface area (Å²) in [4.78, 5) is 28.5. The first-order chi connectivity index (χ1) is 12.3. The number of hydrogen-bond donors (Lipinski definition) is 0. The van der Waals surface area contributed by atoms with Gasteiger partial charge in [0.1, 0.15) is 5.82 Å². The molecule has 1 aliphatic heterocycles. The van der Waals surface area contributed by atoms with Crippen LogP contribution in [0.25, 0.3) is 0 Å². The molecule has 0 aliphatic carbocycles. The highest BCUT2D eigenvalue weighted by atomic mass is 19.1.